The van der Waals surface area contributed by atoms with Crippen LogP contribution in [0.1, 0.15) is 6.92 Å². The zero-order valence-electron chi connectivity index (χ0n) is 4.76. The van der Waals surface area contributed by atoms with Crippen molar-refractivity contribution < 1.29 is 0 Å². The Bertz CT molecular complexity index is 137. The minimum Gasteiger partial charge on any atom is -0.292 e. The molecule has 0 bridgehead atoms. The molecule has 0 aliphatic carbocycles. The molecule has 0 saturated carbocycles. The average Bonchev–Trinajstić information content (AvgIpc) is 1.77. The van der Waals surface area contributed by atoms with Crippen molar-refractivity contribution in [3.05, 3.63) is 24.0 Å². The molecule has 0 aromatic rings. The second-order valence-corrected chi connectivity index (χ2v) is 1.74. The summed E-state index contributed by atoms with van der Waals surface area (Å²) in [7, 11) is 0. The molecule has 0 aromatic heterocycles. The fourth-order valence-electron chi connectivity index (χ4n) is 0.465. The van der Waals surface area contributed by atoms with Gasteiger partial charge in [-0.2, -0.15) is 0 Å². The van der Waals surface area contributed by atoms with Gasteiger partial charge in [-0.05, 0) is 18.6 Å². The van der Waals surface area contributed by atoms with Crippen molar-refractivity contribution in [1.82, 2.24) is 10.5 Å². The van der Waals surface area contributed by atoms with Gasteiger partial charge < -0.3 is 0 Å². The lowest BCUT2D eigenvalue weighted by Gasteiger charge is -2.16. The third-order valence-corrected chi connectivity index (χ3v) is 0.939. The summed E-state index contributed by atoms with van der Waals surface area (Å²) in [5.41, 5.74) is 3.97. The van der Waals surface area contributed by atoms with Crippen molar-refractivity contribution in [2.24, 2.45) is 5.84 Å². The molecule has 0 fully saturated rings. The largest absolute Gasteiger partial charge is 0.292 e. The maximum atomic E-state index is 5.29. The Kier molecular flexibility index (Phi) is 1.22. The van der Waals surface area contributed by atoms with E-state index in [0.29, 0.717) is 0 Å². The summed E-state index contributed by atoms with van der Waals surface area (Å²) in [5.74, 6) is 5.29. The summed E-state index contributed by atoms with van der Waals surface area (Å²) < 4.78 is 0. The van der Waals surface area contributed by atoms with Crippen LogP contribution in [0.5, 0.6) is 0 Å². The number of nitrogens with one attached hydrogen (secondary N) is 1. The van der Waals surface area contributed by atoms with Crippen LogP contribution in [-0.2, 0) is 0 Å². The average molecular weight is 111 g/mol. The lowest BCUT2D eigenvalue weighted by atomic mass is 10.3. The van der Waals surface area contributed by atoms with Crippen LogP contribution in [0.4, 0.5) is 0 Å². The Hall–Kier alpha value is -0.960. The molecule has 0 amide bonds. The smallest absolute Gasteiger partial charge is 0.0395 e. The number of rotatable bonds is 0. The molecule has 1 aliphatic heterocycles. The van der Waals surface area contributed by atoms with Gasteiger partial charge in [-0.1, -0.05) is 0 Å². The SMILES string of the molecule is CC1=CNN(N)C=C1. The van der Waals surface area contributed by atoms with Gasteiger partial charge in [0.1, 0.15) is 0 Å². The maximum Gasteiger partial charge on any atom is 0.0395 e. The van der Waals surface area contributed by atoms with Crippen molar-refractivity contribution in [2.75, 3.05) is 0 Å². The van der Waals surface area contributed by atoms with Crippen LogP contribution in [0.25, 0.3) is 0 Å². The molecular formula is C5H9N3. The first-order chi connectivity index (χ1) is 3.79. The minimum absolute atomic E-state index is 1.17. The predicted octanol–water partition coefficient (Wildman–Crippen LogP) is 0.0978. The first kappa shape index (κ1) is 5.18. The highest BCUT2D eigenvalue weighted by Crippen LogP contribution is 1.96. The van der Waals surface area contributed by atoms with Crippen LogP contribution >= 0.6 is 0 Å². The van der Waals surface area contributed by atoms with Gasteiger partial charge in [0, 0.05) is 12.4 Å². The summed E-state index contributed by atoms with van der Waals surface area (Å²) in [5, 5.41) is 1.40. The predicted molar refractivity (Wildman–Crippen MR) is 32.1 cm³/mol. The molecule has 3 nitrogen and oxygen atoms in total. The normalized spacial score (nSPS) is 17.8. The van der Waals surface area contributed by atoms with E-state index >= 15 is 0 Å². The number of hydrazine groups is 2. The molecule has 1 rings (SSSR count). The molecule has 0 spiro atoms. The van der Waals surface area contributed by atoms with Crippen LogP contribution in [0.15, 0.2) is 24.0 Å². The van der Waals surface area contributed by atoms with Crippen LogP contribution in [0.3, 0.4) is 0 Å². The lowest BCUT2D eigenvalue weighted by molar-refractivity contribution is 0.323. The molecule has 0 atom stereocenters. The number of allylic oxidation sites excluding steroid dienone is 2. The van der Waals surface area contributed by atoms with Gasteiger partial charge >= 0.3 is 0 Å². The van der Waals surface area contributed by atoms with Gasteiger partial charge in [0.15, 0.2) is 0 Å². The molecule has 44 valence electrons. The van der Waals surface area contributed by atoms with Crippen LogP contribution < -0.4 is 11.3 Å². The Balaban J connectivity index is 2.58. The fraction of sp³-hybridized carbons (Fsp3) is 0.200. The third-order valence-electron chi connectivity index (χ3n) is 0.939. The number of hydrogen-bond donors (Lipinski definition) is 2. The highest BCUT2D eigenvalue weighted by Gasteiger charge is 1.91. The molecule has 0 saturated heterocycles. The summed E-state index contributed by atoms with van der Waals surface area (Å²) in [6.07, 6.45) is 5.52. The molecule has 1 heterocycles. The van der Waals surface area contributed by atoms with E-state index in [1.54, 1.807) is 6.20 Å². The van der Waals surface area contributed by atoms with Gasteiger partial charge in [0.25, 0.3) is 0 Å². The molecular weight excluding hydrogens is 102 g/mol. The Labute approximate surface area is 48.4 Å². The van der Waals surface area contributed by atoms with E-state index in [-0.39, 0.29) is 0 Å². The molecule has 8 heavy (non-hydrogen) atoms. The quantitative estimate of drug-likeness (QED) is 0.435. The Morgan fingerprint density at radius 2 is 2.50 bits per heavy atom. The third kappa shape index (κ3) is 1.01. The highest BCUT2D eigenvalue weighted by molar-refractivity contribution is 5.16. The van der Waals surface area contributed by atoms with E-state index in [1.807, 2.05) is 19.2 Å². The zero-order valence-corrected chi connectivity index (χ0v) is 4.76. The maximum absolute atomic E-state index is 5.29. The van der Waals surface area contributed by atoms with Crippen LogP contribution in [0, 0.1) is 0 Å². The van der Waals surface area contributed by atoms with E-state index in [2.05, 4.69) is 5.43 Å². The Morgan fingerprint density at radius 3 is 2.88 bits per heavy atom. The molecule has 0 radical (unpaired) electrons. The van der Waals surface area contributed by atoms with Crippen molar-refractivity contribution in [3.63, 3.8) is 0 Å². The summed E-state index contributed by atoms with van der Waals surface area (Å²) in [4.78, 5) is 0. The van der Waals surface area contributed by atoms with Crippen molar-refractivity contribution in [1.29, 1.82) is 0 Å². The van der Waals surface area contributed by atoms with Gasteiger partial charge in [0.05, 0.1) is 0 Å². The molecule has 0 unspecified atom stereocenters. The van der Waals surface area contributed by atoms with Crippen LogP contribution in [-0.4, -0.2) is 5.12 Å². The van der Waals surface area contributed by atoms with E-state index in [1.165, 1.54) is 10.7 Å². The van der Waals surface area contributed by atoms with E-state index in [0.717, 1.165) is 0 Å². The second kappa shape index (κ2) is 1.88. The van der Waals surface area contributed by atoms with Gasteiger partial charge in [0.2, 0.25) is 0 Å². The highest BCUT2D eigenvalue weighted by atomic mass is 15.6. The van der Waals surface area contributed by atoms with Crippen molar-refractivity contribution in [3.8, 4) is 0 Å². The van der Waals surface area contributed by atoms with E-state index in [9.17, 15) is 0 Å². The molecule has 3 N–H and O–H groups in total. The summed E-state index contributed by atoms with van der Waals surface area (Å²) in [6.45, 7) is 2.00. The summed E-state index contributed by atoms with van der Waals surface area (Å²) >= 11 is 0. The van der Waals surface area contributed by atoms with E-state index < -0.39 is 0 Å². The van der Waals surface area contributed by atoms with E-state index in [4.69, 9.17) is 5.84 Å². The Morgan fingerprint density at radius 1 is 1.75 bits per heavy atom. The van der Waals surface area contributed by atoms with Crippen molar-refractivity contribution in [2.45, 2.75) is 6.92 Å². The lowest BCUT2D eigenvalue weighted by Crippen LogP contribution is -2.37. The fourth-order valence-corrected chi connectivity index (χ4v) is 0.465. The zero-order chi connectivity index (χ0) is 5.98. The van der Waals surface area contributed by atoms with Gasteiger partial charge in [-0.3, -0.25) is 5.43 Å². The van der Waals surface area contributed by atoms with Crippen LogP contribution in [0.2, 0.25) is 0 Å². The molecule has 1 aliphatic rings. The van der Waals surface area contributed by atoms with Crippen molar-refractivity contribution >= 4 is 0 Å². The first-order valence-corrected chi connectivity index (χ1v) is 2.44. The molecule has 0 aromatic carbocycles. The monoisotopic (exact) mass is 111 g/mol. The van der Waals surface area contributed by atoms with Gasteiger partial charge in [-0.25, -0.2) is 11.0 Å². The topological polar surface area (TPSA) is 41.3 Å². The first-order valence-electron chi connectivity index (χ1n) is 2.44. The number of hydrogen-bond acceptors (Lipinski definition) is 3. The number of nitrogens with two attached hydrogens (primary N) is 1. The minimum atomic E-state index is 1.17. The summed E-state index contributed by atoms with van der Waals surface area (Å²) in [6, 6.07) is 0. The number of nitrogens with zero attached hydrogens (tertiary/aromatic N) is 1. The second-order valence-electron chi connectivity index (χ2n) is 1.74. The standard InChI is InChI=1S/C5H9N3/c1-5-2-3-8(6)7-4-5/h2-4,7H,6H2,1H3. The van der Waals surface area contributed by atoms with Gasteiger partial charge in [-0.15, -0.1) is 0 Å². The molecule has 3 heteroatoms.